The van der Waals surface area contributed by atoms with E-state index < -0.39 is 60.6 Å². The van der Waals surface area contributed by atoms with Gasteiger partial charge < -0.3 is 19.7 Å². The van der Waals surface area contributed by atoms with E-state index in [1.807, 2.05) is 67.6 Å². The summed E-state index contributed by atoms with van der Waals surface area (Å²) in [4.78, 5) is 23.7. The predicted octanol–water partition coefficient (Wildman–Crippen LogP) is 5.54. The lowest BCUT2D eigenvalue weighted by Gasteiger charge is -2.48. The summed E-state index contributed by atoms with van der Waals surface area (Å²) in [6.45, 7) is 2.15. The molecule has 1 heterocycles. The SMILES string of the molecule is C[C@H]([C@@H]1CCC(N=[N+]=[N-])C([C@@H]2C(N=[N+]=[N-])CC(N=[N+]=[N-])[C@H](O)[C@H]2O)O1)N(Cc1ccccc1)C(=O)OCc1ccccc1. The van der Waals surface area contributed by atoms with Gasteiger partial charge in [0.25, 0.3) is 0 Å². The van der Waals surface area contributed by atoms with E-state index in [0.29, 0.717) is 12.8 Å². The van der Waals surface area contributed by atoms with E-state index in [1.165, 1.54) is 0 Å². The minimum absolute atomic E-state index is 0.0357. The second-order valence-electron chi connectivity index (χ2n) is 10.7. The Morgan fingerprint density at radius 3 is 2.12 bits per heavy atom. The number of azide groups is 3. The van der Waals surface area contributed by atoms with Crippen molar-refractivity contribution in [2.24, 2.45) is 21.3 Å². The van der Waals surface area contributed by atoms with E-state index in [-0.39, 0.29) is 19.6 Å². The maximum absolute atomic E-state index is 13.5. The number of rotatable bonds is 10. The highest BCUT2D eigenvalue weighted by molar-refractivity contribution is 5.68. The fourth-order valence-corrected chi connectivity index (χ4v) is 5.92. The van der Waals surface area contributed by atoms with E-state index in [0.717, 1.165) is 11.1 Å². The summed E-state index contributed by atoms with van der Waals surface area (Å²) in [7, 11) is 0. The van der Waals surface area contributed by atoms with Gasteiger partial charge in [0.15, 0.2) is 0 Å². The van der Waals surface area contributed by atoms with E-state index in [9.17, 15) is 26.1 Å². The molecule has 2 aromatic carbocycles. The molecule has 1 aliphatic carbocycles. The van der Waals surface area contributed by atoms with Crippen molar-refractivity contribution in [3.05, 3.63) is 103 Å². The Balaban J connectivity index is 1.61. The maximum atomic E-state index is 13.5. The molecule has 4 rings (SSSR count). The molecule has 9 atom stereocenters. The summed E-state index contributed by atoms with van der Waals surface area (Å²) in [6, 6.07) is 15.5. The van der Waals surface area contributed by atoms with Crippen molar-refractivity contribution in [1.29, 1.82) is 0 Å². The van der Waals surface area contributed by atoms with Gasteiger partial charge in [-0.05, 0) is 53.9 Å². The topological polar surface area (TPSA) is 226 Å². The Labute approximate surface area is 247 Å². The minimum atomic E-state index is -1.51. The van der Waals surface area contributed by atoms with Gasteiger partial charge >= 0.3 is 6.09 Å². The van der Waals surface area contributed by atoms with Crippen LogP contribution in [0, 0.1) is 5.92 Å². The Morgan fingerprint density at radius 2 is 1.49 bits per heavy atom. The van der Waals surface area contributed by atoms with Crippen LogP contribution in [0.3, 0.4) is 0 Å². The first-order valence-electron chi connectivity index (χ1n) is 14.0. The molecule has 2 fully saturated rings. The summed E-state index contributed by atoms with van der Waals surface area (Å²) in [6.07, 6.45) is -4.34. The minimum Gasteiger partial charge on any atom is -0.445 e. The van der Waals surface area contributed by atoms with Crippen LogP contribution in [0.15, 0.2) is 76.0 Å². The quantitative estimate of drug-likeness (QED) is 0.206. The zero-order chi connectivity index (χ0) is 30.8. The zero-order valence-electron chi connectivity index (χ0n) is 23.6. The normalized spacial score (nSPS) is 29.1. The van der Waals surface area contributed by atoms with Crippen LogP contribution in [0.1, 0.15) is 37.3 Å². The molecular formula is C28H34N10O5. The number of hydrogen-bond acceptors (Lipinski definition) is 8. The molecule has 4 unspecified atom stereocenters. The molecule has 0 bridgehead atoms. The van der Waals surface area contributed by atoms with Crippen molar-refractivity contribution in [2.45, 2.75) is 87.9 Å². The Hall–Kier alpha value is -4.48. The number of carbonyl (C=O) groups excluding carboxylic acids is 1. The molecule has 2 aromatic rings. The molecule has 43 heavy (non-hydrogen) atoms. The molecule has 0 spiro atoms. The summed E-state index contributed by atoms with van der Waals surface area (Å²) in [5.74, 6) is -0.978. The fraction of sp³-hybridized carbons (Fsp3) is 0.536. The number of carbonyl (C=O) groups is 1. The zero-order valence-corrected chi connectivity index (χ0v) is 23.6. The van der Waals surface area contributed by atoms with Crippen molar-refractivity contribution < 1.29 is 24.5 Å². The van der Waals surface area contributed by atoms with E-state index in [4.69, 9.17) is 15.0 Å². The van der Waals surface area contributed by atoms with Gasteiger partial charge in [0.2, 0.25) is 0 Å². The third kappa shape index (κ3) is 7.68. The second-order valence-corrected chi connectivity index (χ2v) is 10.7. The molecular weight excluding hydrogens is 556 g/mol. The summed E-state index contributed by atoms with van der Waals surface area (Å²) >= 11 is 0. The fourth-order valence-electron chi connectivity index (χ4n) is 5.92. The smallest absolute Gasteiger partial charge is 0.410 e. The van der Waals surface area contributed by atoms with Gasteiger partial charge in [-0.1, -0.05) is 76.0 Å². The maximum Gasteiger partial charge on any atom is 0.410 e. The Morgan fingerprint density at radius 1 is 0.907 bits per heavy atom. The van der Waals surface area contributed by atoms with Crippen molar-refractivity contribution in [3.8, 4) is 0 Å². The highest BCUT2D eigenvalue weighted by Gasteiger charge is 2.51. The first-order valence-corrected chi connectivity index (χ1v) is 14.0. The average molecular weight is 591 g/mol. The highest BCUT2D eigenvalue weighted by atomic mass is 16.6. The Kier molecular flexibility index (Phi) is 11.1. The van der Waals surface area contributed by atoms with Gasteiger partial charge in [-0.25, -0.2) is 4.79 Å². The van der Waals surface area contributed by atoms with E-state index in [2.05, 4.69) is 30.1 Å². The molecule has 2 aliphatic rings. The first kappa shape index (κ1) is 31.5. The second kappa shape index (κ2) is 15.1. The van der Waals surface area contributed by atoms with Crippen LogP contribution < -0.4 is 0 Å². The predicted molar refractivity (Wildman–Crippen MR) is 155 cm³/mol. The summed E-state index contributed by atoms with van der Waals surface area (Å²) in [5.41, 5.74) is 29.1. The van der Waals surface area contributed by atoms with Crippen molar-refractivity contribution in [2.75, 3.05) is 0 Å². The van der Waals surface area contributed by atoms with Crippen molar-refractivity contribution >= 4 is 6.09 Å². The van der Waals surface area contributed by atoms with Crippen LogP contribution in [0.5, 0.6) is 0 Å². The first-order chi connectivity index (χ1) is 20.9. The van der Waals surface area contributed by atoms with Gasteiger partial charge in [-0.2, -0.15) is 0 Å². The number of ether oxygens (including phenoxy) is 2. The van der Waals surface area contributed by atoms with Crippen LogP contribution in [-0.2, 0) is 22.6 Å². The van der Waals surface area contributed by atoms with E-state index in [1.54, 1.807) is 4.90 Å². The third-order valence-corrected chi connectivity index (χ3v) is 8.17. The van der Waals surface area contributed by atoms with Crippen LogP contribution in [0.25, 0.3) is 31.3 Å². The van der Waals surface area contributed by atoms with Crippen LogP contribution >= 0.6 is 0 Å². The molecule has 1 saturated heterocycles. The van der Waals surface area contributed by atoms with Crippen LogP contribution in [-0.4, -0.2) is 69.8 Å². The van der Waals surface area contributed by atoms with Gasteiger partial charge in [0.1, 0.15) is 6.61 Å². The van der Waals surface area contributed by atoms with Gasteiger partial charge in [0.05, 0.1) is 42.5 Å². The molecule has 1 amide bonds. The Bertz CT molecular complexity index is 1360. The third-order valence-electron chi connectivity index (χ3n) is 8.17. The number of aliphatic hydroxyl groups is 2. The summed E-state index contributed by atoms with van der Waals surface area (Å²) < 4.78 is 12.2. The number of hydrogen-bond donors (Lipinski definition) is 2. The lowest BCUT2D eigenvalue weighted by Crippen LogP contribution is -2.60. The number of amides is 1. The summed E-state index contributed by atoms with van der Waals surface area (Å²) in [5, 5.41) is 33.2. The largest absolute Gasteiger partial charge is 0.445 e. The lowest BCUT2D eigenvalue weighted by atomic mass is 9.72. The van der Waals surface area contributed by atoms with Gasteiger partial charge in [-0.3, -0.25) is 4.90 Å². The molecule has 15 heteroatoms. The number of nitrogens with zero attached hydrogens (tertiary/aromatic N) is 10. The number of benzene rings is 2. The molecule has 0 radical (unpaired) electrons. The molecule has 1 saturated carbocycles. The molecule has 2 N–H and O–H groups in total. The van der Waals surface area contributed by atoms with Crippen molar-refractivity contribution in [3.63, 3.8) is 0 Å². The monoisotopic (exact) mass is 590 g/mol. The highest BCUT2D eigenvalue weighted by Crippen LogP contribution is 2.40. The molecule has 226 valence electrons. The molecule has 1 aliphatic heterocycles. The van der Waals surface area contributed by atoms with Crippen LogP contribution in [0.2, 0.25) is 0 Å². The van der Waals surface area contributed by atoms with Crippen LogP contribution in [0.4, 0.5) is 4.79 Å². The van der Waals surface area contributed by atoms with Gasteiger partial charge in [0, 0.05) is 33.2 Å². The average Bonchev–Trinajstić information content (AvgIpc) is 3.03. The van der Waals surface area contributed by atoms with E-state index >= 15 is 0 Å². The standard InChI is InChI=1S/C28H34N10O5/c1-17(38(15-18-8-4-2-5-9-18)28(41)42-16-19-10-6-3-7-11-19)23-13-12-20(32-35-29)27(43-23)24-21(33-36-30)14-22(34-37-31)25(39)26(24)40/h2-11,17,20-27,39-40H,12-16H2,1H3/t17-,20?,21?,22?,23+,24-,25+,26+,27?/m1/s1. The molecule has 15 nitrogen and oxygen atoms in total. The lowest BCUT2D eigenvalue weighted by molar-refractivity contribution is -0.163. The number of aliphatic hydroxyl groups excluding tert-OH is 2. The van der Waals surface area contributed by atoms with Crippen molar-refractivity contribution in [1.82, 2.24) is 4.90 Å². The molecule has 0 aromatic heterocycles. The van der Waals surface area contributed by atoms with Gasteiger partial charge in [-0.15, -0.1) is 0 Å².